The molecule has 4 heterocycles. The van der Waals surface area contributed by atoms with Gasteiger partial charge in [-0.1, -0.05) is 13.8 Å². The molecule has 0 amide bonds. The summed E-state index contributed by atoms with van der Waals surface area (Å²) in [6.45, 7) is 12.1. The maximum absolute atomic E-state index is 6.56. The Morgan fingerprint density at radius 3 is 2.13 bits per heavy atom. The lowest BCUT2D eigenvalue weighted by atomic mass is 9.60. The molecule has 0 radical (unpaired) electrons. The van der Waals surface area contributed by atoms with Gasteiger partial charge in [-0.2, -0.15) is 0 Å². The van der Waals surface area contributed by atoms with Crippen LogP contribution in [0, 0.1) is 10.8 Å². The minimum Gasteiger partial charge on any atom is -0.327 e. The summed E-state index contributed by atoms with van der Waals surface area (Å²) in [6, 6.07) is 0.403. The Morgan fingerprint density at radius 2 is 1.67 bits per heavy atom. The molecule has 4 saturated heterocycles. The molecule has 3 nitrogen and oxygen atoms in total. The lowest BCUT2D eigenvalue weighted by Gasteiger charge is -2.59. The van der Waals surface area contributed by atoms with Crippen LogP contribution in [-0.2, 0) is 0 Å². The maximum atomic E-state index is 6.56. The second-order valence-electron chi connectivity index (χ2n) is 6.27. The highest BCUT2D eigenvalue weighted by molar-refractivity contribution is 5.12. The van der Waals surface area contributed by atoms with Crippen molar-refractivity contribution in [1.29, 1.82) is 0 Å². The van der Waals surface area contributed by atoms with Gasteiger partial charge >= 0.3 is 0 Å². The molecular weight excluding hydrogens is 186 g/mol. The van der Waals surface area contributed by atoms with Gasteiger partial charge in [-0.25, -0.2) is 0 Å². The van der Waals surface area contributed by atoms with Gasteiger partial charge in [0.1, 0.15) is 0 Å². The summed E-state index contributed by atoms with van der Waals surface area (Å²) >= 11 is 0. The van der Waals surface area contributed by atoms with Crippen LogP contribution in [0.2, 0.25) is 0 Å². The molecule has 2 N–H and O–H groups in total. The molecule has 0 aliphatic carbocycles. The van der Waals surface area contributed by atoms with Crippen LogP contribution in [0.25, 0.3) is 0 Å². The van der Waals surface area contributed by atoms with Crippen molar-refractivity contribution < 1.29 is 0 Å². The highest BCUT2D eigenvalue weighted by atomic mass is 15.3. The van der Waals surface area contributed by atoms with Crippen LogP contribution in [0.3, 0.4) is 0 Å². The molecular formula is C12H23N3. The first-order valence-electron chi connectivity index (χ1n) is 6.28. The van der Waals surface area contributed by atoms with Crippen molar-refractivity contribution in [2.75, 3.05) is 39.3 Å². The van der Waals surface area contributed by atoms with E-state index in [4.69, 9.17) is 5.73 Å². The first-order chi connectivity index (χ1) is 7.08. The molecule has 3 unspecified atom stereocenters. The molecule has 3 heteroatoms. The molecule has 0 saturated carbocycles. The van der Waals surface area contributed by atoms with Crippen LogP contribution in [0.1, 0.15) is 20.3 Å². The summed E-state index contributed by atoms with van der Waals surface area (Å²) < 4.78 is 0. The number of rotatable bonds is 1. The first-order valence-corrected chi connectivity index (χ1v) is 6.28. The second kappa shape index (κ2) is 2.96. The fourth-order valence-electron chi connectivity index (χ4n) is 4.30. The zero-order chi connectivity index (χ0) is 10.7. The average Bonchev–Trinajstić information content (AvgIpc) is 2.41. The molecule has 15 heavy (non-hydrogen) atoms. The number of hydrogen-bond acceptors (Lipinski definition) is 3. The van der Waals surface area contributed by atoms with E-state index in [2.05, 4.69) is 23.6 Å². The average molecular weight is 209 g/mol. The number of piperidine rings is 2. The third-order valence-electron chi connectivity index (χ3n) is 5.09. The van der Waals surface area contributed by atoms with Gasteiger partial charge in [0.05, 0.1) is 0 Å². The summed E-state index contributed by atoms with van der Waals surface area (Å²) in [5.74, 6) is 0. The predicted molar refractivity (Wildman–Crippen MR) is 61.7 cm³/mol. The van der Waals surface area contributed by atoms with Gasteiger partial charge in [-0.3, -0.25) is 0 Å². The van der Waals surface area contributed by atoms with E-state index in [1.807, 2.05) is 0 Å². The number of nitrogens with two attached hydrogens (primary N) is 1. The van der Waals surface area contributed by atoms with Crippen LogP contribution in [0.5, 0.6) is 0 Å². The Balaban J connectivity index is 2.04. The lowest BCUT2D eigenvalue weighted by molar-refractivity contribution is -0.0709. The summed E-state index contributed by atoms with van der Waals surface area (Å²) in [5.41, 5.74) is 7.28. The molecule has 4 aliphatic heterocycles. The largest absolute Gasteiger partial charge is 0.327 e. The lowest BCUT2D eigenvalue weighted by Crippen LogP contribution is -2.71. The van der Waals surface area contributed by atoms with E-state index in [0.717, 1.165) is 0 Å². The number of fused-ring (bicyclic) bond motifs is 1. The van der Waals surface area contributed by atoms with Crippen LogP contribution >= 0.6 is 0 Å². The summed E-state index contributed by atoms with van der Waals surface area (Å²) in [4.78, 5) is 5.31. The number of hydrogen-bond donors (Lipinski definition) is 1. The molecule has 0 aromatic rings. The van der Waals surface area contributed by atoms with Gasteiger partial charge < -0.3 is 15.5 Å². The molecule has 3 atom stereocenters. The molecule has 0 aromatic heterocycles. The zero-order valence-corrected chi connectivity index (χ0v) is 10.00. The molecule has 0 aromatic carbocycles. The topological polar surface area (TPSA) is 32.5 Å². The van der Waals surface area contributed by atoms with E-state index in [0.29, 0.717) is 16.9 Å². The zero-order valence-electron chi connectivity index (χ0n) is 10.00. The van der Waals surface area contributed by atoms with Gasteiger partial charge in [0.2, 0.25) is 0 Å². The van der Waals surface area contributed by atoms with Crippen molar-refractivity contribution >= 4 is 0 Å². The highest BCUT2D eigenvalue weighted by Crippen LogP contribution is 2.47. The van der Waals surface area contributed by atoms with E-state index < -0.39 is 0 Å². The quantitative estimate of drug-likeness (QED) is 0.677. The van der Waals surface area contributed by atoms with Crippen molar-refractivity contribution in [3.63, 3.8) is 0 Å². The minimum absolute atomic E-state index is 0.336. The Morgan fingerprint density at radius 1 is 1.13 bits per heavy atom. The molecule has 4 aliphatic rings. The van der Waals surface area contributed by atoms with Crippen molar-refractivity contribution in [1.82, 2.24) is 9.80 Å². The smallest absolute Gasteiger partial charge is 0.0199 e. The van der Waals surface area contributed by atoms with Crippen molar-refractivity contribution in [2.24, 2.45) is 16.6 Å². The first kappa shape index (κ1) is 10.1. The molecule has 0 spiro atoms. The van der Waals surface area contributed by atoms with Gasteiger partial charge in [-0.05, 0) is 6.42 Å². The molecule has 4 fully saturated rings. The third kappa shape index (κ3) is 1.23. The monoisotopic (exact) mass is 209 g/mol. The Bertz CT molecular complexity index is 260. The minimum atomic E-state index is 0.336. The molecule has 4 rings (SSSR count). The van der Waals surface area contributed by atoms with Crippen molar-refractivity contribution in [3.05, 3.63) is 0 Å². The van der Waals surface area contributed by atoms with E-state index >= 15 is 0 Å². The van der Waals surface area contributed by atoms with Gasteiger partial charge in [-0.15, -0.1) is 0 Å². The van der Waals surface area contributed by atoms with Crippen molar-refractivity contribution in [2.45, 2.75) is 26.3 Å². The fourth-order valence-corrected chi connectivity index (χ4v) is 4.30. The summed E-state index contributed by atoms with van der Waals surface area (Å²) in [7, 11) is 0. The van der Waals surface area contributed by atoms with Crippen molar-refractivity contribution in [3.8, 4) is 0 Å². The third-order valence-corrected chi connectivity index (χ3v) is 5.09. The SMILES string of the molecule is CCC12CN3CCN(CC(C)(C3)C1N)C2. The standard InChI is InChI=1S/C12H23N3/c1-3-12-8-14-4-5-15(9-12)7-11(2,6-14)10(12)13/h10H,3-9,13H2,1-2H3. The van der Waals surface area contributed by atoms with E-state index in [1.54, 1.807) is 0 Å². The predicted octanol–water partition coefficient (Wildman–Crippen LogP) is 0.361. The Labute approximate surface area is 92.6 Å². The van der Waals surface area contributed by atoms with E-state index in [-0.39, 0.29) is 0 Å². The van der Waals surface area contributed by atoms with Crippen LogP contribution in [0.15, 0.2) is 0 Å². The van der Waals surface area contributed by atoms with Gasteiger partial charge in [0.15, 0.2) is 0 Å². The fraction of sp³-hybridized carbons (Fsp3) is 1.00. The normalized spacial score (nSPS) is 58.2. The maximum Gasteiger partial charge on any atom is 0.0199 e. The molecule has 4 bridgehead atoms. The highest BCUT2D eigenvalue weighted by Gasteiger charge is 2.57. The summed E-state index contributed by atoms with van der Waals surface area (Å²) in [5, 5.41) is 0. The van der Waals surface area contributed by atoms with Gasteiger partial charge in [0, 0.05) is 56.1 Å². The van der Waals surface area contributed by atoms with Gasteiger partial charge in [0.25, 0.3) is 0 Å². The van der Waals surface area contributed by atoms with E-state index in [1.165, 1.54) is 45.7 Å². The Hall–Kier alpha value is -0.120. The van der Waals surface area contributed by atoms with Crippen LogP contribution in [-0.4, -0.2) is 55.1 Å². The van der Waals surface area contributed by atoms with E-state index in [9.17, 15) is 0 Å². The summed E-state index contributed by atoms with van der Waals surface area (Å²) in [6.07, 6.45) is 1.23. The second-order valence-corrected chi connectivity index (χ2v) is 6.27. The molecule has 86 valence electrons. The Kier molecular flexibility index (Phi) is 1.99. The number of nitrogens with zero attached hydrogens (tertiary/aromatic N) is 2. The van der Waals surface area contributed by atoms with Crippen LogP contribution in [0.4, 0.5) is 0 Å². The van der Waals surface area contributed by atoms with Crippen LogP contribution < -0.4 is 5.73 Å².